The van der Waals surface area contributed by atoms with Crippen LogP contribution in [-0.2, 0) is 0 Å². The Labute approximate surface area is 105 Å². The molecular weight excluding hydrogens is 232 g/mol. The van der Waals surface area contributed by atoms with Crippen LogP contribution in [0.15, 0.2) is 24.3 Å². The van der Waals surface area contributed by atoms with Crippen LogP contribution in [0.3, 0.4) is 0 Å². The quantitative estimate of drug-likeness (QED) is 0.753. The first-order chi connectivity index (χ1) is 8.40. The molecule has 3 heteroatoms. The van der Waals surface area contributed by atoms with Crippen molar-refractivity contribution < 1.29 is 8.78 Å². The van der Waals surface area contributed by atoms with Gasteiger partial charge in [0, 0.05) is 11.6 Å². The van der Waals surface area contributed by atoms with Gasteiger partial charge in [0.05, 0.1) is 5.69 Å². The van der Waals surface area contributed by atoms with Gasteiger partial charge in [0.25, 0.3) is 0 Å². The Morgan fingerprint density at radius 1 is 0.722 bits per heavy atom. The van der Waals surface area contributed by atoms with Gasteiger partial charge in [0.2, 0.25) is 0 Å². The average molecular weight is 247 g/mol. The smallest absolute Gasteiger partial charge is 0.146 e. The zero-order valence-electron chi connectivity index (χ0n) is 10.6. The summed E-state index contributed by atoms with van der Waals surface area (Å²) in [4.78, 5) is 0. The van der Waals surface area contributed by atoms with Crippen LogP contribution in [0.1, 0.15) is 16.7 Å². The van der Waals surface area contributed by atoms with Gasteiger partial charge in [-0.15, -0.1) is 0 Å². The first-order valence-electron chi connectivity index (χ1n) is 5.73. The maximum absolute atomic E-state index is 13.9. The van der Waals surface area contributed by atoms with E-state index in [1.807, 2.05) is 32.9 Å². The van der Waals surface area contributed by atoms with E-state index < -0.39 is 11.6 Å². The first-order valence-corrected chi connectivity index (χ1v) is 5.73. The van der Waals surface area contributed by atoms with E-state index in [9.17, 15) is 8.78 Å². The Hall–Kier alpha value is -1.90. The third-order valence-electron chi connectivity index (χ3n) is 3.22. The van der Waals surface area contributed by atoms with Gasteiger partial charge < -0.3 is 5.73 Å². The second-order valence-corrected chi connectivity index (χ2v) is 4.60. The van der Waals surface area contributed by atoms with Gasteiger partial charge in [-0.05, 0) is 49.1 Å². The van der Waals surface area contributed by atoms with Gasteiger partial charge in [-0.3, -0.25) is 0 Å². The summed E-state index contributed by atoms with van der Waals surface area (Å²) in [5.41, 5.74) is 9.23. The highest BCUT2D eigenvalue weighted by Gasteiger charge is 2.12. The van der Waals surface area contributed by atoms with E-state index in [2.05, 4.69) is 0 Å². The number of halogens is 2. The average Bonchev–Trinajstić information content (AvgIpc) is 2.29. The van der Waals surface area contributed by atoms with E-state index in [4.69, 9.17) is 5.73 Å². The summed E-state index contributed by atoms with van der Waals surface area (Å²) in [5.74, 6) is -1.09. The van der Waals surface area contributed by atoms with Crippen molar-refractivity contribution in [2.45, 2.75) is 20.8 Å². The largest absolute Gasteiger partial charge is 0.396 e. The summed E-state index contributed by atoms with van der Waals surface area (Å²) in [5, 5.41) is 0. The molecule has 0 atom stereocenters. The zero-order valence-corrected chi connectivity index (χ0v) is 10.6. The molecule has 2 N–H and O–H groups in total. The molecule has 0 aromatic heterocycles. The predicted octanol–water partition coefficient (Wildman–Crippen LogP) is 4.14. The van der Waals surface area contributed by atoms with Crippen molar-refractivity contribution in [2.75, 3.05) is 5.73 Å². The molecule has 2 aromatic carbocycles. The fourth-order valence-corrected chi connectivity index (χ4v) is 2.02. The summed E-state index contributed by atoms with van der Waals surface area (Å²) in [7, 11) is 0. The Kier molecular flexibility index (Phi) is 3.07. The first kappa shape index (κ1) is 12.6. The van der Waals surface area contributed by atoms with Gasteiger partial charge in [-0.1, -0.05) is 12.1 Å². The fraction of sp³-hybridized carbons (Fsp3) is 0.200. The van der Waals surface area contributed by atoms with E-state index in [0.29, 0.717) is 5.56 Å². The highest BCUT2D eigenvalue weighted by atomic mass is 19.1. The maximum Gasteiger partial charge on any atom is 0.146 e. The molecule has 0 spiro atoms. The van der Waals surface area contributed by atoms with Crippen LogP contribution in [0.25, 0.3) is 11.1 Å². The number of benzene rings is 2. The highest BCUT2D eigenvalue weighted by molar-refractivity contribution is 5.71. The van der Waals surface area contributed by atoms with Gasteiger partial charge in [-0.2, -0.15) is 0 Å². The van der Waals surface area contributed by atoms with Crippen molar-refractivity contribution in [2.24, 2.45) is 0 Å². The molecule has 2 rings (SSSR count). The summed E-state index contributed by atoms with van der Waals surface area (Å²) in [6.07, 6.45) is 0. The molecular formula is C15H15F2N. The molecule has 0 saturated carbocycles. The van der Waals surface area contributed by atoms with Crippen molar-refractivity contribution in [1.29, 1.82) is 0 Å². The van der Waals surface area contributed by atoms with Crippen LogP contribution in [0, 0.1) is 32.4 Å². The second-order valence-electron chi connectivity index (χ2n) is 4.60. The predicted molar refractivity (Wildman–Crippen MR) is 70.4 cm³/mol. The molecule has 0 saturated heterocycles. The fourth-order valence-electron chi connectivity index (χ4n) is 2.02. The lowest BCUT2D eigenvalue weighted by Crippen LogP contribution is -1.96. The monoisotopic (exact) mass is 247 g/mol. The minimum absolute atomic E-state index is 0.169. The van der Waals surface area contributed by atoms with Crippen LogP contribution in [0.5, 0.6) is 0 Å². The lowest BCUT2D eigenvalue weighted by atomic mass is 9.95. The summed E-state index contributed by atoms with van der Waals surface area (Å²) in [6.45, 7) is 5.82. The van der Waals surface area contributed by atoms with Crippen LogP contribution in [-0.4, -0.2) is 0 Å². The number of hydrogen-bond donors (Lipinski definition) is 1. The van der Waals surface area contributed by atoms with Gasteiger partial charge in [0.1, 0.15) is 11.6 Å². The third-order valence-corrected chi connectivity index (χ3v) is 3.22. The van der Waals surface area contributed by atoms with Crippen LogP contribution in [0.4, 0.5) is 14.5 Å². The molecule has 0 aliphatic rings. The van der Waals surface area contributed by atoms with Crippen molar-refractivity contribution in [3.8, 4) is 11.1 Å². The van der Waals surface area contributed by atoms with Crippen LogP contribution < -0.4 is 5.73 Å². The third kappa shape index (κ3) is 2.08. The molecule has 0 bridgehead atoms. The molecule has 0 aliphatic heterocycles. The second kappa shape index (κ2) is 4.41. The van der Waals surface area contributed by atoms with Crippen molar-refractivity contribution in [3.63, 3.8) is 0 Å². The van der Waals surface area contributed by atoms with Gasteiger partial charge >= 0.3 is 0 Å². The number of rotatable bonds is 1. The molecule has 0 unspecified atom stereocenters. The molecule has 0 aliphatic carbocycles. The number of nitrogens with two attached hydrogens (primary N) is 1. The van der Waals surface area contributed by atoms with E-state index in [1.54, 1.807) is 0 Å². The Balaban J connectivity index is 2.69. The minimum atomic E-state index is -0.593. The van der Waals surface area contributed by atoms with Crippen molar-refractivity contribution >= 4 is 5.69 Å². The molecule has 2 aromatic rings. The topological polar surface area (TPSA) is 26.0 Å². The molecule has 0 radical (unpaired) electrons. The van der Waals surface area contributed by atoms with E-state index in [0.717, 1.165) is 28.8 Å². The lowest BCUT2D eigenvalue weighted by Gasteiger charge is -2.12. The van der Waals surface area contributed by atoms with Crippen LogP contribution >= 0.6 is 0 Å². The molecule has 0 fully saturated rings. The number of aryl methyl sites for hydroxylation is 3. The SMILES string of the molecule is Cc1cc(C)c(-c2cc(F)c(N)cc2F)cc1C. The Morgan fingerprint density at radius 3 is 2.00 bits per heavy atom. The molecule has 0 amide bonds. The summed E-state index contributed by atoms with van der Waals surface area (Å²) < 4.78 is 27.3. The number of hydrogen-bond acceptors (Lipinski definition) is 1. The minimum Gasteiger partial charge on any atom is -0.396 e. The Morgan fingerprint density at radius 2 is 1.33 bits per heavy atom. The van der Waals surface area contributed by atoms with Crippen molar-refractivity contribution in [1.82, 2.24) is 0 Å². The van der Waals surface area contributed by atoms with Gasteiger partial charge in [0.15, 0.2) is 0 Å². The van der Waals surface area contributed by atoms with E-state index in [-0.39, 0.29) is 11.3 Å². The molecule has 18 heavy (non-hydrogen) atoms. The molecule has 94 valence electrons. The number of anilines is 1. The maximum atomic E-state index is 13.9. The normalized spacial score (nSPS) is 10.7. The van der Waals surface area contributed by atoms with E-state index >= 15 is 0 Å². The van der Waals surface area contributed by atoms with Gasteiger partial charge in [-0.25, -0.2) is 8.78 Å². The molecule has 1 nitrogen and oxygen atoms in total. The molecule has 0 heterocycles. The standard InChI is InChI=1S/C15H15F2N/c1-8-4-10(3)11(5-9(8)2)12-6-14(17)15(18)7-13(12)16/h4-7H,18H2,1-3H3. The highest BCUT2D eigenvalue weighted by Crippen LogP contribution is 2.30. The number of nitrogen functional groups attached to an aromatic ring is 1. The van der Waals surface area contributed by atoms with Crippen molar-refractivity contribution in [3.05, 3.63) is 52.6 Å². The van der Waals surface area contributed by atoms with E-state index in [1.165, 1.54) is 0 Å². The zero-order chi connectivity index (χ0) is 13.4. The Bertz CT molecular complexity index is 563. The lowest BCUT2D eigenvalue weighted by molar-refractivity contribution is 0.607. The van der Waals surface area contributed by atoms with Crippen LogP contribution in [0.2, 0.25) is 0 Å². The summed E-state index contributed by atoms with van der Waals surface area (Å²) in [6, 6.07) is 6.03. The summed E-state index contributed by atoms with van der Waals surface area (Å²) >= 11 is 0.